The molecule has 2 atom stereocenters. The van der Waals surface area contributed by atoms with Crippen LogP contribution in [0.5, 0.6) is 0 Å². The van der Waals surface area contributed by atoms with Crippen LogP contribution in [0.3, 0.4) is 0 Å². The molecule has 0 radical (unpaired) electrons. The Bertz CT molecular complexity index is 1360. The Kier molecular flexibility index (Phi) is 9.97. The van der Waals surface area contributed by atoms with Gasteiger partial charge in [0.05, 0.1) is 15.8 Å². The lowest BCUT2D eigenvalue weighted by atomic mass is 9.89. The molecule has 0 fully saturated rings. The van der Waals surface area contributed by atoms with Gasteiger partial charge < -0.3 is 0 Å². The van der Waals surface area contributed by atoms with Crippen LogP contribution in [0.15, 0.2) is 76.5 Å². The zero-order valence-corrected chi connectivity index (χ0v) is 26.2. The minimum atomic E-state index is -3.90. The van der Waals surface area contributed by atoms with Gasteiger partial charge in [-0.05, 0) is 72.9 Å². The molecule has 39 heavy (non-hydrogen) atoms. The second-order valence-corrected chi connectivity index (χ2v) is 14.5. The zero-order chi connectivity index (χ0) is 29.1. The van der Waals surface area contributed by atoms with E-state index in [2.05, 4.69) is 58.4 Å². The Balaban J connectivity index is 2.08. The van der Waals surface area contributed by atoms with Crippen molar-refractivity contribution in [3.8, 4) is 0 Å². The van der Waals surface area contributed by atoms with Crippen molar-refractivity contribution in [1.29, 1.82) is 0 Å². The Labute approximate surface area is 238 Å². The van der Waals surface area contributed by atoms with Crippen LogP contribution in [0, 0.1) is 6.92 Å². The highest BCUT2D eigenvalue weighted by molar-refractivity contribution is 7.89. The lowest BCUT2D eigenvalue weighted by molar-refractivity contribution is 0.0895. The van der Waals surface area contributed by atoms with Crippen LogP contribution in [-0.4, -0.2) is 18.2 Å². The van der Waals surface area contributed by atoms with E-state index in [9.17, 15) is 12.6 Å². The van der Waals surface area contributed by atoms with E-state index in [0.717, 1.165) is 22.3 Å². The summed E-state index contributed by atoms with van der Waals surface area (Å²) in [4.78, 5) is 0.852. The highest BCUT2D eigenvalue weighted by atomic mass is 32.2. The summed E-state index contributed by atoms with van der Waals surface area (Å²) in [5.74, 6) is 0.604. The van der Waals surface area contributed by atoms with Crippen molar-refractivity contribution in [2.24, 2.45) is 0 Å². The van der Waals surface area contributed by atoms with Gasteiger partial charge in [-0.1, -0.05) is 102 Å². The summed E-state index contributed by atoms with van der Waals surface area (Å²) in [5.41, 5.74) is 3.72. The van der Waals surface area contributed by atoms with Crippen molar-refractivity contribution in [3.63, 3.8) is 0 Å². The molecule has 0 aliphatic carbocycles. The summed E-state index contributed by atoms with van der Waals surface area (Å²) < 4.78 is 50.3. The van der Waals surface area contributed by atoms with Crippen molar-refractivity contribution in [1.82, 2.24) is 4.72 Å². The summed E-state index contributed by atoms with van der Waals surface area (Å²) >= 11 is -1.84. The summed E-state index contributed by atoms with van der Waals surface area (Å²) in [5, 5.41) is 0. The van der Waals surface area contributed by atoms with Gasteiger partial charge in [0.25, 0.3) is 0 Å². The van der Waals surface area contributed by atoms with Crippen LogP contribution < -0.4 is 4.72 Å². The summed E-state index contributed by atoms with van der Waals surface area (Å²) in [6.07, 6.45) is 0. The average molecular weight is 570 g/mol. The number of aryl methyl sites for hydroxylation is 1. The molecule has 5 nitrogen and oxygen atoms in total. The molecule has 0 saturated carbocycles. The molecule has 212 valence electrons. The lowest BCUT2D eigenvalue weighted by Gasteiger charge is -2.35. The number of nitrogens with one attached hydrogen (secondary N) is 1. The van der Waals surface area contributed by atoms with Gasteiger partial charge in [-0.15, -0.1) is 0 Å². The van der Waals surface area contributed by atoms with Crippen molar-refractivity contribution >= 4 is 21.1 Å². The summed E-state index contributed by atoms with van der Waals surface area (Å²) in [6.45, 7) is 18.2. The topological polar surface area (TPSA) is 72.5 Å². The molecule has 1 unspecified atom stereocenters. The molecule has 7 heteroatoms. The highest BCUT2D eigenvalue weighted by Gasteiger charge is 2.38. The van der Waals surface area contributed by atoms with Crippen LogP contribution in [0.2, 0.25) is 0 Å². The Morgan fingerprint density at radius 1 is 0.769 bits per heavy atom. The Morgan fingerprint density at radius 3 is 1.74 bits per heavy atom. The number of hydrogen-bond acceptors (Lipinski definition) is 4. The molecule has 3 aromatic rings. The molecule has 0 aromatic heterocycles. The fraction of sp³-hybridized carbons (Fsp3) is 0.438. The monoisotopic (exact) mass is 569 g/mol. The average Bonchev–Trinajstić information content (AvgIpc) is 2.86. The number of rotatable bonds is 11. The normalized spacial score (nSPS) is 14.3. The second-order valence-electron chi connectivity index (χ2n) is 11.7. The Hall–Kier alpha value is -2.32. The standard InChI is InChI=1S/C32H43NO4S2/c1-21(2)26-19-28(22(3)4)30(29(20-26)23(5)6)38(34)37-32(8,9)31(25-13-11-10-12-14-25)33-39(35,36)27-17-15-24(7)16-18-27/h10-23,31,33H,1-9H3/t31-,38?/m1/s1. The molecule has 1 N–H and O–H groups in total. The first-order valence-corrected chi connectivity index (χ1v) is 16.1. The first-order chi connectivity index (χ1) is 18.1. The lowest BCUT2D eigenvalue weighted by Crippen LogP contribution is -2.44. The van der Waals surface area contributed by atoms with Crippen LogP contribution in [0.4, 0.5) is 0 Å². The van der Waals surface area contributed by atoms with Gasteiger partial charge >= 0.3 is 0 Å². The van der Waals surface area contributed by atoms with E-state index < -0.39 is 32.7 Å². The van der Waals surface area contributed by atoms with E-state index in [-0.39, 0.29) is 16.7 Å². The quantitative estimate of drug-likeness (QED) is 0.255. The summed E-state index contributed by atoms with van der Waals surface area (Å²) in [6, 6.07) is 19.5. The van der Waals surface area contributed by atoms with E-state index in [1.807, 2.05) is 37.3 Å². The van der Waals surface area contributed by atoms with Crippen molar-refractivity contribution in [3.05, 3.63) is 94.5 Å². The summed E-state index contributed by atoms with van der Waals surface area (Å²) in [7, 11) is -3.90. The SMILES string of the molecule is Cc1ccc(S(=O)(=O)N[C@H](c2ccccc2)C(C)(C)OS(=O)c2c(C(C)C)cc(C(C)C)cc2C(C)C)cc1. The maximum absolute atomic E-state index is 14.1. The molecule has 0 spiro atoms. The van der Waals surface area contributed by atoms with Crippen molar-refractivity contribution in [2.75, 3.05) is 0 Å². The molecular formula is C32H43NO4S2. The maximum Gasteiger partial charge on any atom is 0.241 e. The van der Waals surface area contributed by atoms with Gasteiger partial charge in [0.1, 0.15) is 5.60 Å². The third-order valence-corrected chi connectivity index (χ3v) is 9.79. The molecule has 0 aliphatic heterocycles. The van der Waals surface area contributed by atoms with Crippen molar-refractivity contribution < 1.29 is 16.8 Å². The fourth-order valence-electron chi connectivity index (χ4n) is 4.56. The molecule has 0 bridgehead atoms. The molecular weight excluding hydrogens is 526 g/mol. The zero-order valence-electron chi connectivity index (χ0n) is 24.6. The predicted octanol–water partition coefficient (Wildman–Crippen LogP) is 7.90. The molecule has 0 aliphatic rings. The maximum atomic E-state index is 14.1. The minimum absolute atomic E-state index is 0.136. The van der Waals surface area contributed by atoms with E-state index in [4.69, 9.17) is 4.18 Å². The van der Waals surface area contributed by atoms with E-state index in [1.165, 1.54) is 5.56 Å². The van der Waals surface area contributed by atoms with Gasteiger partial charge in [0.15, 0.2) is 11.1 Å². The smallest absolute Gasteiger partial charge is 0.241 e. The van der Waals surface area contributed by atoms with Gasteiger partial charge in [-0.25, -0.2) is 17.3 Å². The first-order valence-electron chi connectivity index (χ1n) is 13.6. The van der Waals surface area contributed by atoms with Gasteiger partial charge in [0.2, 0.25) is 10.0 Å². The van der Waals surface area contributed by atoms with Crippen LogP contribution >= 0.6 is 0 Å². The van der Waals surface area contributed by atoms with Gasteiger partial charge in [-0.3, -0.25) is 4.18 Å². The van der Waals surface area contributed by atoms with Crippen LogP contribution in [0.25, 0.3) is 0 Å². The molecule has 3 aromatic carbocycles. The largest absolute Gasteiger partial charge is 0.279 e. The molecule has 0 amide bonds. The Morgan fingerprint density at radius 2 is 1.28 bits per heavy atom. The number of sulfonamides is 1. The van der Waals surface area contributed by atoms with Crippen LogP contribution in [-0.2, 0) is 25.3 Å². The fourth-order valence-corrected chi connectivity index (χ4v) is 7.47. The van der Waals surface area contributed by atoms with E-state index >= 15 is 0 Å². The van der Waals surface area contributed by atoms with E-state index in [0.29, 0.717) is 10.8 Å². The first kappa shape index (κ1) is 31.2. The van der Waals surface area contributed by atoms with E-state index in [1.54, 1.807) is 38.1 Å². The van der Waals surface area contributed by atoms with Gasteiger partial charge in [0, 0.05) is 0 Å². The molecule has 0 heterocycles. The minimum Gasteiger partial charge on any atom is -0.279 e. The molecule has 3 rings (SSSR count). The number of hydrogen-bond donors (Lipinski definition) is 1. The highest BCUT2D eigenvalue weighted by Crippen LogP contribution is 2.38. The van der Waals surface area contributed by atoms with Crippen molar-refractivity contribution in [2.45, 2.75) is 102 Å². The molecule has 0 saturated heterocycles. The predicted molar refractivity (Wildman–Crippen MR) is 161 cm³/mol. The number of benzene rings is 3. The third kappa shape index (κ3) is 7.46. The van der Waals surface area contributed by atoms with Gasteiger partial charge in [-0.2, -0.15) is 0 Å². The second kappa shape index (κ2) is 12.5. The third-order valence-electron chi connectivity index (χ3n) is 6.97. The van der Waals surface area contributed by atoms with Crippen LogP contribution in [0.1, 0.15) is 107 Å².